The average molecular weight is 913 g/mol. The van der Waals surface area contributed by atoms with Crippen LogP contribution in [-0.4, -0.2) is 76.8 Å². The third-order valence-electron chi connectivity index (χ3n) is 10.2. The van der Waals surface area contributed by atoms with Gasteiger partial charge >= 0.3 is 17.4 Å². The standard InChI is InChI=1S/3C17H28O4.Al/c3*1-4-6-12-19-14-17(3,21-18)15-10-8-9-11-16(15)20-13-7-5-2;/h3*8-11,18H,4-7,12-14H2,1-3H3;/q;;;+3/p-3. The van der Waals surface area contributed by atoms with Crippen molar-refractivity contribution >= 4 is 17.4 Å². The zero-order valence-electron chi connectivity index (χ0n) is 40.8. The predicted octanol–water partition coefficient (Wildman–Crippen LogP) is 9.19. The van der Waals surface area contributed by atoms with Crippen LogP contribution in [0.4, 0.5) is 0 Å². The zero-order chi connectivity index (χ0) is 46.7. The topological polar surface area (TPSA) is 152 Å². The molecule has 12 nitrogen and oxygen atoms in total. The molecule has 64 heavy (non-hydrogen) atoms. The largest absolute Gasteiger partial charge is 3.00 e. The van der Waals surface area contributed by atoms with Crippen LogP contribution in [0.15, 0.2) is 72.8 Å². The molecule has 0 spiro atoms. The molecule has 3 aromatic rings. The van der Waals surface area contributed by atoms with Crippen LogP contribution in [0.25, 0.3) is 0 Å². The molecular weight excluding hydrogens is 832 g/mol. The number of hydrogen-bond donors (Lipinski definition) is 0. The number of benzene rings is 3. The second kappa shape index (κ2) is 37.3. The van der Waals surface area contributed by atoms with E-state index >= 15 is 0 Å². The van der Waals surface area contributed by atoms with Gasteiger partial charge in [0.15, 0.2) is 0 Å². The minimum absolute atomic E-state index is 0. The van der Waals surface area contributed by atoms with Gasteiger partial charge in [-0.2, -0.15) is 0 Å². The molecule has 0 bridgehead atoms. The van der Waals surface area contributed by atoms with Gasteiger partial charge in [-0.25, -0.2) is 0 Å². The van der Waals surface area contributed by atoms with Crippen LogP contribution < -0.4 is 30.0 Å². The van der Waals surface area contributed by atoms with Crippen molar-refractivity contribution in [3.63, 3.8) is 0 Å². The van der Waals surface area contributed by atoms with Gasteiger partial charge in [-0.15, -0.1) is 0 Å². The maximum absolute atomic E-state index is 11.3. The molecule has 0 aliphatic heterocycles. The fraction of sp³-hybridized carbons (Fsp3) is 0.647. The Labute approximate surface area is 397 Å². The number of hydrogen-bond acceptors (Lipinski definition) is 12. The number of unbranched alkanes of at least 4 members (excludes halogenated alkanes) is 6. The quantitative estimate of drug-likeness (QED) is 0.0248. The number of rotatable bonds is 33. The van der Waals surface area contributed by atoms with E-state index in [4.69, 9.17) is 28.4 Å². The van der Waals surface area contributed by atoms with Crippen LogP contribution in [0.3, 0.4) is 0 Å². The number of ether oxygens (including phenoxy) is 6. The summed E-state index contributed by atoms with van der Waals surface area (Å²) in [5.74, 6) is 2.09. The first-order valence-electron chi connectivity index (χ1n) is 23.4. The molecular formula is C51H81AlO12. The molecule has 3 aromatic carbocycles. The molecule has 0 aromatic heterocycles. The van der Waals surface area contributed by atoms with Gasteiger partial charge in [0.2, 0.25) is 0 Å². The summed E-state index contributed by atoms with van der Waals surface area (Å²) in [6.45, 7) is 22.4. The van der Waals surface area contributed by atoms with Gasteiger partial charge in [-0.3, -0.25) is 0 Å². The summed E-state index contributed by atoms with van der Waals surface area (Å²) < 4.78 is 34.1. The van der Waals surface area contributed by atoms with Gasteiger partial charge in [0, 0.05) is 36.5 Å². The molecule has 13 heteroatoms. The van der Waals surface area contributed by atoms with E-state index in [9.17, 15) is 15.8 Å². The summed E-state index contributed by atoms with van der Waals surface area (Å²) in [5, 5.41) is 33.8. The molecule has 3 unspecified atom stereocenters. The molecule has 0 heterocycles. The summed E-state index contributed by atoms with van der Waals surface area (Å²) >= 11 is 0. The first kappa shape index (κ1) is 61.2. The third kappa shape index (κ3) is 23.1. The molecule has 0 aliphatic carbocycles. The van der Waals surface area contributed by atoms with Gasteiger partial charge in [-0.05, 0) is 77.5 Å². The summed E-state index contributed by atoms with van der Waals surface area (Å²) in [5.41, 5.74) is -0.864. The Bertz CT molecular complexity index is 1370. The average Bonchev–Trinajstić information content (AvgIpc) is 3.31. The fourth-order valence-electron chi connectivity index (χ4n) is 6.05. The smallest absolute Gasteiger partial charge is 0.723 e. The molecule has 0 saturated heterocycles. The second-order valence-corrected chi connectivity index (χ2v) is 16.3. The molecule has 0 aliphatic rings. The van der Waals surface area contributed by atoms with E-state index in [-0.39, 0.29) is 37.2 Å². The monoisotopic (exact) mass is 913 g/mol. The Morgan fingerprint density at radius 2 is 0.578 bits per heavy atom. The van der Waals surface area contributed by atoms with Crippen LogP contribution in [0.2, 0.25) is 0 Å². The van der Waals surface area contributed by atoms with Crippen LogP contribution in [0.1, 0.15) is 156 Å². The molecule has 0 N–H and O–H groups in total. The molecule has 0 radical (unpaired) electrons. The van der Waals surface area contributed by atoms with Crippen LogP contribution in [0.5, 0.6) is 17.2 Å². The Kier molecular flexibility index (Phi) is 35.7. The molecule has 0 saturated carbocycles. The van der Waals surface area contributed by atoms with Gasteiger partial charge in [-0.1, -0.05) is 135 Å². The van der Waals surface area contributed by atoms with Crippen LogP contribution in [0, 0.1) is 0 Å². The maximum Gasteiger partial charge on any atom is 3.00 e. The van der Waals surface area contributed by atoms with E-state index in [1.54, 1.807) is 20.8 Å². The molecule has 3 atom stereocenters. The van der Waals surface area contributed by atoms with E-state index in [1.165, 1.54) is 0 Å². The van der Waals surface area contributed by atoms with Crippen LogP contribution in [-0.2, 0) is 45.7 Å². The molecule has 3 rings (SSSR count). The van der Waals surface area contributed by atoms with Crippen molar-refractivity contribution in [2.24, 2.45) is 0 Å². The van der Waals surface area contributed by atoms with Crippen molar-refractivity contribution in [3.05, 3.63) is 89.5 Å². The second-order valence-electron chi connectivity index (χ2n) is 16.3. The Balaban J connectivity index is 0.000000923. The molecule has 0 fully saturated rings. The van der Waals surface area contributed by atoms with Crippen molar-refractivity contribution < 1.29 is 58.9 Å². The van der Waals surface area contributed by atoms with Gasteiger partial charge in [0.05, 0.1) is 39.6 Å². The summed E-state index contributed by atoms with van der Waals surface area (Å²) in [4.78, 5) is 13.5. The normalized spacial score (nSPS) is 13.7. The minimum Gasteiger partial charge on any atom is -0.723 e. The SMILES string of the molecule is CCCCOCC(C)(O[O-])c1ccccc1OCCCC.CCCCOCC(C)(O[O-])c1ccccc1OCCCC.CCCCOCC(C)(O[O-])c1ccccc1OCCCC.[Al+3]. The van der Waals surface area contributed by atoms with Gasteiger partial charge in [0.25, 0.3) is 0 Å². The fourth-order valence-corrected chi connectivity index (χ4v) is 6.05. The summed E-state index contributed by atoms with van der Waals surface area (Å²) in [6, 6.07) is 22.5. The predicted molar refractivity (Wildman–Crippen MR) is 249 cm³/mol. The summed E-state index contributed by atoms with van der Waals surface area (Å²) in [6.07, 6.45) is 12.3. The van der Waals surface area contributed by atoms with E-state index in [1.807, 2.05) is 72.8 Å². The molecule has 0 amide bonds. The number of para-hydroxylation sites is 3. The first-order valence-corrected chi connectivity index (χ1v) is 23.4. The van der Waals surface area contributed by atoms with E-state index in [0.717, 1.165) is 93.7 Å². The van der Waals surface area contributed by atoms with E-state index < -0.39 is 16.8 Å². The van der Waals surface area contributed by atoms with Crippen LogP contribution >= 0.6 is 0 Å². The minimum atomic E-state index is -1.03. The maximum atomic E-state index is 11.3. The zero-order valence-corrected chi connectivity index (χ0v) is 41.9. The Morgan fingerprint density at radius 3 is 0.797 bits per heavy atom. The van der Waals surface area contributed by atoms with Gasteiger partial charge < -0.3 is 58.9 Å². The van der Waals surface area contributed by atoms with Crippen molar-refractivity contribution in [1.29, 1.82) is 0 Å². The Hall–Kier alpha value is -2.77. The third-order valence-corrected chi connectivity index (χ3v) is 10.2. The summed E-state index contributed by atoms with van der Waals surface area (Å²) in [7, 11) is 0. The Morgan fingerprint density at radius 1 is 0.359 bits per heavy atom. The van der Waals surface area contributed by atoms with Crippen molar-refractivity contribution in [2.75, 3.05) is 59.5 Å². The van der Waals surface area contributed by atoms with E-state index in [2.05, 4.69) is 56.2 Å². The van der Waals surface area contributed by atoms with Crippen molar-refractivity contribution in [1.82, 2.24) is 0 Å². The van der Waals surface area contributed by atoms with Gasteiger partial charge in [0.1, 0.15) is 34.1 Å². The van der Waals surface area contributed by atoms with E-state index in [0.29, 0.717) is 56.9 Å². The van der Waals surface area contributed by atoms with Crippen molar-refractivity contribution in [3.8, 4) is 17.2 Å². The first-order chi connectivity index (χ1) is 30.5. The molecule has 360 valence electrons. The van der Waals surface area contributed by atoms with Crippen molar-refractivity contribution in [2.45, 2.75) is 156 Å².